The Bertz CT molecular complexity index is 505. The molecule has 1 aliphatic rings. The van der Waals surface area contributed by atoms with Gasteiger partial charge in [-0.1, -0.05) is 18.2 Å². The minimum absolute atomic E-state index is 0.663. The first kappa shape index (κ1) is 12.2. The Morgan fingerprint density at radius 1 is 1.26 bits per heavy atom. The molecule has 1 fully saturated rings. The van der Waals surface area contributed by atoms with Gasteiger partial charge in [-0.05, 0) is 25.0 Å². The molecule has 1 aromatic heterocycles. The zero-order valence-electron chi connectivity index (χ0n) is 11.0. The molecule has 0 bridgehead atoms. The fourth-order valence-corrected chi connectivity index (χ4v) is 2.01. The molecule has 0 atom stereocenters. The molecule has 0 radical (unpaired) electrons. The van der Waals surface area contributed by atoms with E-state index in [0.717, 1.165) is 24.7 Å². The zero-order valence-corrected chi connectivity index (χ0v) is 11.0. The summed E-state index contributed by atoms with van der Waals surface area (Å²) < 4.78 is 7.85. The van der Waals surface area contributed by atoms with Crippen molar-refractivity contribution in [2.24, 2.45) is 0 Å². The van der Waals surface area contributed by atoms with Gasteiger partial charge >= 0.3 is 0 Å². The Balaban J connectivity index is 1.47. The lowest BCUT2D eigenvalue weighted by Crippen LogP contribution is -2.20. The van der Waals surface area contributed by atoms with E-state index in [2.05, 4.69) is 14.9 Å². The molecule has 1 aromatic carbocycles. The number of hydrogen-bond acceptors (Lipinski definition) is 3. The maximum absolute atomic E-state index is 5.70. The topological polar surface area (TPSA) is 39.1 Å². The van der Waals surface area contributed by atoms with Crippen molar-refractivity contribution in [1.82, 2.24) is 14.9 Å². The predicted octanol–water partition coefficient (Wildman–Crippen LogP) is 2.21. The van der Waals surface area contributed by atoms with Crippen LogP contribution in [0.3, 0.4) is 0 Å². The third kappa shape index (κ3) is 3.58. The fraction of sp³-hybridized carbons (Fsp3) is 0.400. The SMILES string of the molecule is c1ccc(OCCn2ccnc2CNC2CC2)cc1. The molecule has 0 spiro atoms. The summed E-state index contributed by atoms with van der Waals surface area (Å²) in [5.41, 5.74) is 0. The molecule has 1 saturated carbocycles. The minimum atomic E-state index is 0.663. The largest absolute Gasteiger partial charge is 0.492 e. The molecule has 0 amide bonds. The maximum atomic E-state index is 5.70. The number of benzene rings is 1. The van der Waals surface area contributed by atoms with Crippen LogP contribution in [0.25, 0.3) is 0 Å². The van der Waals surface area contributed by atoms with Crippen molar-refractivity contribution in [3.05, 3.63) is 48.5 Å². The smallest absolute Gasteiger partial charge is 0.122 e. The number of ether oxygens (including phenoxy) is 1. The van der Waals surface area contributed by atoms with Crippen molar-refractivity contribution in [2.45, 2.75) is 32.0 Å². The van der Waals surface area contributed by atoms with E-state index in [9.17, 15) is 0 Å². The number of nitrogens with one attached hydrogen (secondary N) is 1. The van der Waals surface area contributed by atoms with Crippen LogP contribution in [0.4, 0.5) is 0 Å². The third-order valence-corrected chi connectivity index (χ3v) is 3.27. The van der Waals surface area contributed by atoms with E-state index in [1.165, 1.54) is 12.8 Å². The number of para-hydroxylation sites is 1. The zero-order chi connectivity index (χ0) is 12.9. The van der Waals surface area contributed by atoms with E-state index < -0.39 is 0 Å². The monoisotopic (exact) mass is 257 g/mol. The lowest BCUT2D eigenvalue weighted by atomic mass is 10.3. The van der Waals surface area contributed by atoms with Crippen molar-refractivity contribution >= 4 is 0 Å². The number of rotatable bonds is 7. The second kappa shape index (κ2) is 5.89. The van der Waals surface area contributed by atoms with Gasteiger partial charge in [0.15, 0.2) is 0 Å². The van der Waals surface area contributed by atoms with Gasteiger partial charge in [0, 0.05) is 18.4 Å². The average Bonchev–Trinajstić information content (AvgIpc) is 3.17. The standard InChI is InChI=1S/C15H19N3O/c1-2-4-14(5-3-1)19-11-10-18-9-8-16-15(18)12-17-13-6-7-13/h1-5,8-9,13,17H,6-7,10-12H2. The predicted molar refractivity (Wildman–Crippen MR) is 74.0 cm³/mol. The number of nitrogens with zero attached hydrogens (tertiary/aromatic N) is 2. The van der Waals surface area contributed by atoms with Gasteiger partial charge in [-0.3, -0.25) is 0 Å². The third-order valence-electron chi connectivity index (χ3n) is 3.27. The average molecular weight is 257 g/mol. The molecule has 1 N–H and O–H groups in total. The van der Waals surface area contributed by atoms with Crippen LogP contribution in [0.1, 0.15) is 18.7 Å². The molecule has 19 heavy (non-hydrogen) atoms. The Labute approximate surface area is 113 Å². The van der Waals surface area contributed by atoms with Crippen LogP contribution in [0.15, 0.2) is 42.7 Å². The Morgan fingerprint density at radius 3 is 2.89 bits per heavy atom. The highest BCUT2D eigenvalue weighted by molar-refractivity contribution is 5.20. The van der Waals surface area contributed by atoms with E-state index in [0.29, 0.717) is 12.6 Å². The normalized spacial score (nSPS) is 14.5. The molecule has 1 heterocycles. The summed E-state index contributed by atoms with van der Waals surface area (Å²) in [5.74, 6) is 2.00. The van der Waals surface area contributed by atoms with Gasteiger partial charge in [0.25, 0.3) is 0 Å². The van der Waals surface area contributed by atoms with Crippen molar-refractivity contribution in [3.63, 3.8) is 0 Å². The summed E-state index contributed by atoms with van der Waals surface area (Å²) in [6.45, 7) is 2.34. The van der Waals surface area contributed by atoms with Crippen molar-refractivity contribution in [2.75, 3.05) is 6.61 Å². The molecule has 3 rings (SSSR count). The number of hydrogen-bond donors (Lipinski definition) is 1. The number of aromatic nitrogens is 2. The molecule has 0 unspecified atom stereocenters. The first-order valence-corrected chi connectivity index (χ1v) is 6.83. The van der Waals surface area contributed by atoms with E-state index in [-0.39, 0.29) is 0 Å². The van der Waals surface area contributed by atoms with Gasteiger partial charge in [-0.25, -0.2) is 4.98 Å². The molecule has 0 aliphatic heterocycles. The molecule has 1 aliphatic carbocycles. The molecule has 100 valence electrons. The van der Waals surface area contributed by atoms with Gasteiger partial charge in [-0.15, -0.1) is 0 Å². The Morgan fingerprint density at radius 2 is 2.11 bits per heavy atom. The molecule has 4 nitrogen and oxygen atoms in total. The van der Waals surface area contributed by atoms with E-state index in [4.69, 9.17) is 4.74 Å². The maximum Gasteiger partial charge on any atom is 0.122 e. The summed E-state index contributed by atoms with van der Waals surface area (Å²) in [6.07, 6.45) is 6.47. The van der Waals surface area contributed by atoms with Crippen molar-refractivity contribution in [3.8, 4) is 5.75 Å². The lowest BCUT2D eigenvalue weighted by Gasteiger charge is -2.10. The van der Waals surface area contributed by atoms with Crippen LogP contribution in [0, 0.1) is 0 Å². The van der Waals surface area contributed by atoms with Gasteiger partial charge < -0.3 is 14.6 Å². The summed E-state index contributed by atoms with van der Waals surface area (Å²) >= 11 is 0. The van der Waals surface area contributed by atoms with Crippen LogP contribution in [0.5, 0.6) is 5.75 Å². The highest BCUT2D eigenvalue weighted by atomic mass is 16.5. The molecule has 4 heteroatoms. The van der Waals surface area contributed by atoms with Crippen LogP contribution >= 0.6 is 0 Å². The highest BCUT2D eigenvalue weighted by Crippen LogP contribution is 2.19. The first-order valence-electron chi connectivity index (χ1n) is 6.83. The summed E-state index contributed by atoms with van der Waals surface area (Å²) in [7, 11) is 0. The van der Waals surface area contributed by atoms with E-state index >= 15 is 0 Å². The van der Waals surface area contributed by atoms with Crippen molar-refractivity contribution < 1.29 is 4.74 Å². The highest BCUT2D eigenvalue weighted by Gasteiger charge is 2.20. The fourth-order valence-electron chi connectivity index (χ4n) is 2.01. The summed E-state index contributed by atoms with van der Waals surface area (Å²) in [4.78, 5) is 4.39. The molecule has 2 aromatic rings. The second-order valence-electron chi connectivity index (χ2n) is 4.85. The van der Waals surface area contributed by atoms with Gasteiger partial charge in [-0.2, -0.15) is 0 Å². The molecular formula is C15H19N3O. The molecular weight excluding hydrogens is 238 g/mol. The Hall–Kier alpha value is -1.81. The van der Waals surface area contributed by atoms with E-state index in [1.54, 1.807) is 0 Å². The van der Waals surface area contributed by atoms with E-state index in [1.807, 2.05) is 42.7 Å². The lowest BCUT2D eigenvalue weighted by molar-refractivity contribution is 0.296. The van der Waals surface area contributed by atoms with Crippen LogP contribution in [-0.2, 0) is 13.1 Å². The van der Waals surface area contributed by atoms with Crippen molar-refractivity contribution in [1.29, 1.82) is 0 Å². The Kier molecular flexibility index (Phi) is 3.79. The van der Waals surface area contributed by atoms with Crippen LogP contribution in [-0.4, -0.2) is 22.2 Å². The quantitative estimate of drug-likeness (QED) is 0.826. The first-order chi connectivity index (χ1) is 9.42. The molecule has 0 saturated heterocycles. The second-order valence-corrected chi connectivity index (χ2v) is 4.85. The van der Waals surface area contributed by atoms with Gasteiger partial charge in [0.2, 0.25) is 0 Å². The minimum Gasteiger partial charge on any atom is -0.492 e. The number of imidazole rings is 1. The van der Waals surface area contributed by atoms with Crippen LogP contribution < -0.4 is 10.1 Å². The van der Waals surface area contributed by atoms with Gasteiger partial charge in [0.1, 0.15) is 18.2 Å². The van der Waals surface area contributed by atoms with Gasteiger partial charge in [0.05, 0.1) is 13.1 Å². The summed E-state index contributed by atoms with van der Waals surface area (Å²) in [6, 6.07) is 10.6. The van der Waals surface area contributed by atoms with Crippen LogP contribution in [0.2, 0.25) is 0 Å². The summed E-state index contributed by atoms with van der Waals surface area (Å²) in [5, 5.41) is 3.48.